The van der Waals surface area contributed by atoms with Gasteiger partial charge in [0.25, 0.3) is 0 Å². The van der Waals surface area contributed by atoms with Crippen LogP contribution in [0, 0.1) is 46.3 Å². The van der Waals surface area contributed by atoms with Gasteiger partial charge in [-0.3, -0.25) is 0 Å². The van der Waals surface area contributed by atoms with E-state index < -0.39 is 54.9 Å². The van der Waals surface area contributed by atoms with Crippen molar-refractivity contribution in [3.63, 3.8) is 0 Å². The van der Waals surface area contributed by atoms with E-state index in [0.717, 1.165) is 55.3 Å². The molecule has 0 spiro atoms. The van der Waals surface area contributed by atoms with E-state index >= 15 is 0 Å². The lowest BCUT2D eigenvalue weighted by molar-refractivity contribution is -0.0972. The Morgan fingerprint density at radius 3 is 0.612 bits per heavy atom. The van der Waals surface area contributed by atoms with Crippen LogP contribution < -0.4 is 0 Å². The highest BCUT2D eigenvalue weighted by Crippen LogP contribution is 2.74. The largest absolute Gasteiger partial charge is 0.515 e. The molecule has 40 heteroatoms. The molecule has 706 valence electrons. The Balaban J connectivity index is 1.23. The Morgan fingerprint density at radius 1 is 0.231 bits per heavy atom. The Kier molecular flexibility index (Phi) is 48.0. The molecule has 11 saturated carbocycles. The summed E-state index contributed by atoms with van der Waals surface area (Å²) in [6, 6.07) is 0. The molecule has 0 aromatic rings. The molecule has 15 nitrogen and oxygen atoms in total. The van der Waals surface area contributed by atoms with Crippen molar-refractivity contribution in [3.05, 3.63) is 0 Å². The van der Waals surface area contributed by atoms with Crippen LogP contribution in [0.1, 0.15) is 316 Å². The molecule has 11 aliphatic rings. The van der Waals surface area contributed by atoms with E-state index in [4.69, 9.17) is 66.4 Å². The van der Waals surface area contributed by atoms with E-state index in [1.54, 1.807) is 0 Å². The zero-order valence-electron chi connectivity index (χ0n) is 75.6. The standard InChI is InChI=1S/C81H152O15S20Si5/c1-16-82-117(83-17-2,84-18-3)70(97-107-112-102-76-44-33-64(55-76)34-45-76)54-69-32-31-43-75(60-71(118(85-19-4,86-20-5)87-21-6)98-108-113-103-77-46-35-65(56-77)36-47-77,61-72(119(88-22-7,89-23-8)90-24-9)99-109-114-104-78-48-37-66(57-78)38-49-78)81(69,62-73(120(91-25-10,92-26-11)93-27-12)100-110-115-105-79-50-39-67(58-79)40-51-79)63-74(121(94-28-13,95-29-14)96-30-15)101-111-116-106-80-52-41-68(59-80)42-53-80/h64-74H,16-63H2,1-15H3. The van der Waals surface area contributed by atoms with Crippen molar-refractivity contribution in [3.8, 4) is 0 Å². The van der Waals surface area contributed by atoms with Crippen LogP contribution in [0.3, 0.4) is 0 Å². The third-order valence-electron chi connectivity index (χ3n) is 28.3. The summed E-state index contributed by atoms with van der Waals surface area (Å²) >= 11 is 0. The van der Waals surface area contributed by atoms with Crippen LogP contribution >= 0.6 is 206 Å². The van der Waals surface area contributed by atoms with Gasteiger partial charge in [0, 0.05) is 123 Å². The first-order chi connectivity index (χ1) is 58.8. The van der Waals surface area contributed by atoms with E-state index in [9.17, 15) is 0 Å². The first-order valence-corrected chi connectivity index (χ1v) is 80.1. The van der Waals surface area contributed by atoms with Crippen molar-refractivity contribution in [1.82, 2.24) is 0 Å². The highest BCUT2D eigenvalue weighted by Gasteiger charge is 2.71. The summed E-state index contributed by atoms with van der Waals surface area (Å²) in [5, 5.41) is 0. The minimum absolute atomic E-state index is 0.0574. The van der Waals surface area contributed by atoms with Crippen molar-refractivity contribution in [2.24, 2.45) is 46.3 Å². The highest BCUT2D eigenvalue weighted by molar-refractivity contribution is 9.28. The molecule has 0 saturated heterocycles. The summed E-state index contributed by atoms with van der Waals surface area (Å²) in [5.74, 6) is 4.15. The van der Waals surface area contributed by atoms with Gasteiger partial charge >= 0.3 is 44.0 Å². The number of hydrogen-bond donors (Lipinski definition) is 0. The Bertz CT molecular complexity index is 2720. The number of fused-ring (bicyclic) bond motifs is 10. The van der Waals surface area contributed by atoms with Crippen LogP contribution in [0.25, 0.3) is 0 Å². The average molecular weight is 2150 g/mol. The maximum absolute atomic E-state index is 7.72. The van der Waals surface area contributed by atoms with Gasteiger partial charge in [0.1, 0.15) is 0 Å². The minimum atomic E-state index is -3.85. The second-order valence-corrected chi connectivity index (χ2v) is 83.3. The van der Waals surface area contributed by atoms with Gasteiger partial charge < -0.3 is 66.4 Å². The van der Waals surface area contributed by atoms with Crippen molar-refractivity contribution >= 4 is 250 Å². The lowest BCUT2D eigenvalue weighted by atomic mass is 9.47. The van der Waals surface area contributed by atoms with Crippen molar-refractivity contribution < 1.29 is 66.4 Å². The van der Waals surface area contributed by atoms with Crippen LogP contribution in [0.2, 0.25) is 0 Å². The van der Waals surface area contributed by atoms with Gasteiger partial charge in [-0.2, -0.15) is 0 Å². The van der Waals surface area contributed by atoms with Gasteiger partial charge in [0.15, 0.2) is 0 Å². The van der Waals surface area contributed by atoms with E-state index in [1.807, 2.05) is 152 Å². The van der Waals surface area contributed by atoms with Gasteiger partial charge in [-0.05, 0) is 454 Å². The lowest BCUT2D eigenvalue weighted by Crippen LogP contribution is -2.66. The molecule has 10 bridgehead atoms. The zero-order chi connectivity index (χ0) is 86.0. The molecule has 6 unspecified atom stereocenters. The topological polar surface area (TPSA) is 138 Å². The van der Waals surface area contributed by atoms with Crippen LogP contribution in [-0.4, -0.2) is 191 Å². The molecule has 0 aromatic carbocycles. The van der Waals surface area contributed by atoms with Gasteiger partial charge in [0.2, 0.25) is 0 Å². The summed E-state index contributed by atoms with van der Waals surface area (Å²) in [6.45, 7) is 39.3. The van der Waals surface area contributed by atoms with Crippen molar-refractivity contribution in [2.75, 3.05) is 99.1 Å². The third kappa shape index (κ3) is 27.8. The van der Waals surface area contributed by atoms with Crippen molar-refractivity contribution in [2.45, 2.75) is 364 Å². The fraction of sp³-hybridized carbons (Fsp3) is 1.00. The highest BCUT2D eigenvalue weighted by atomic mass is 33.7. The van der Waals surface area contributed by atoms with E-state index in [1.165, 1.54) is 161 Å². The Morgan fingerprint density at radius 2 is 0.421 bits per heavy atom. The summed E-state index contributed by atoms with van der Waals surface area (Å²) < 4.78 is 116. The van der Waals surface area contributed by atoms with Crippen LogP contribution in [-0.2, 0) is 66.4 Å². The maximum Gasteiger partial charge on any atom is 0.515 e. The number of rotatable bonds is 70. The van der Waals surface area contributed by atoms with Crippen molar-refractivity contribution in [1.29, 1.82) is 0 Å². The normalized spacial score (nSPS) is 32.1. The fourth-order valence-corrected chi connectivity index (χ4v) is 90.0. The fourth-order valence-electron chi connectivity index (χ4n) is 23.3. The molecule has 0 amide bonds. The summed E-state index contributed by atoms with van der Waals surface area (Å²) in [7, 11) is 21.7. The van der Waals surface area contributed by atoms with E-state index in [2.05, 4.69) is 158 Å². The lowest BCUT2D eigenvalue weighted by Gasteiger charge is -2.63. The SMILES string of the molecule is CCO[Si](OCC)(OCC)C(CC1CCCC(CC(SSSSC23CCC(CC2)C3)[Si](OCC)(OCC)OCC)(CC(SSSSC23CCC(CC2)C3)[Si](OCC)(OCC)OCC)C1(CC(SSSSC12CCC(CC1)C2)[Si](OCC)(OCC)OCC)CC(SSSSC12CCC(CC1)C2)[Si](OCC)(OCC)OCC)SSSSC12CCC(CC1)C2. The van der Waals surface area contributed by atoms with Crippen LogP contribution in [0.5, 0.6) is 0 Å². The molecule has 11 rings (SSSR count). The van der Waals surface area contributed by atoms with Gasteiger partial charge in [0.05, 0.1) is 24.4 Å². The molecule has 6 atom stereocenters. The van der Waals surface area contributed by atoms with Gasteiger partial charge in [-0.15, -0.1) is 0 Å². The number of hydrogen-bond acceptors (Lipinski definition) is 35. The molecular formula is C81H152O15S20Si5. The van der Waals surface area contributed by atoms with Gasteiger partial charge in [-0.1, -0.05) is 114 Å². The van der Waals surface area contributed by atoms with Gasteiger partial charge in [-0.25, -0.2) is 0 Å². The van der Waals surface area contributed by atoms with Crippen LogP contribution in [0.4, 0.5) is 0 Å². The first-order valence-electron chi connectivity index (χ1n) is 46.7. The van der Waals surface area contributed by atoms with E-state index in [-0.39, 0.29) is 30.3 Å². The minimum Gasteiger partial charge on any atom is -0.373 e. The third-order valence-corrected chi connectivity index (χ3v) is 88.4. The Labute approximate surface area is 816 Å². The predicted molar refractivity (Wildman–Crippen MR) is 566 cm³/mol. The Hall–Kier alpha value is 7.48. The zero-order valence-corrected chi connectivity index (χ0v) is 96.9. The molecule has 121 heavy (non-hydrogen) atoms. The first kappa shape index (κ1) is 109. The molecule has 0 aliphatic heterocycles. The second kappa shape index (κ2) is 53.4. The summed E-state index contributed by atoms with van der Waals surface area (Å²) in [6.07, 6.45) is 39.2. The maximum atomic E-state index is 7.72. The molecule has 0 heterocycles. The van der Waals surface area contributed by atoms with E-state index in [0.29, 0.717) is 149 Å². The summed E-state index contributed by atoms with van der Waals surface area (Å²) in [4.78, 5) is -1.33. The predicted octanol–water partition coefficient (Wildman–Crippen LogP) is 30.5. The molecular weight excluding hydrogens is 1990 g/mol. The molecule has 0 aromatic heterocycles. The summed E-state index contributed by atoms with van der Waals surface area (Å²) in [5.41, 5.74) is -1.46. The smallest absolute Gasteiger partial charge is 0.373 e. The quantitative estimate of drug-likeness (QED) is 0.0324. The second-order valence-electron chi connectivity index (χ2n) is 35.3. The molecule has 11 aliphatic carbocycles. The monoisotopic (exact) mass is 2140 g/mol. The average Bonchev–Trinajstić information content (AvgIpc) is 1.61. The van der Waals surface area contributed by atoms with Crippen LogP contribution in [0.15, 0.2) is 0 Å². The molecule has 0 radical (unpaired) electrons. The molecule has 11 fully saturated rings. The molecule has 0 N–H and O–H groups in total.